The maximum Gasteiger partial charge on any atom is 0.335 e. The molecule has 0 aliphatic rings. The number of hydrogen-bond acceptors (Lipinski definition) is 4. The fraction of sp³-hybridized carbons (Fsp3) is 0.231. The number of carbonyl (C=O) groups is 2. The molecule has 3 aromatic rings. The number of carboxylic acids is 1. The molecule has 2 N–H and O–H groups in total. The summed E-state index contributed by atoms with van der Waals surface area (Å²) in [6.07, 6.45) is 1.72. The van der Waals surface area contributed by atoms with Crippen molar-refractivity contribution in [1.29, 1.82) is 0 Å². The van der Waals surface area contributed by atoms with E-state index in [2.05, 4.69) is 5.32 Å². The maximum absolute atomic E-state index is 13.0. The first-order valence-corrected chi connectivity index (χ1v) is 10.3. The van der Waals surface area contributed by atoms with E-state index < -0.39 is 5.97 Å². The average molecular weight is 434 g/mol. The van der Waals surface area contributed by atoms with Crippen molar-refractivity contribution >= 4 is 28.7 Å². The number of fused-ring (bicyclic) bond motifs is 1. The topological polar surface area (TPSA) is 84.9 Å². The van der Waals surface area contributed by atoms with Gasteiger partial charge in [-0.3, -0.25) is 4.79 Å². The highest BCUT2D eigenvalue weighted by Gasteiger charge is 2.15. The third-order valence-corrected chi connectivity index (χ3v) is 5.04. The van der Waals surface area contributed by atoms with Crippen molar-refractivity contribution < 1.29 is 24.2 Å². The molecule has 0 radical (unpaired) electrons. The summed E-state index contributed by atoms with van der Waals surface area (Å²) in [6.45, 7) is 4.03. The zero-order valence-corrected chi connectivity index (χ0v) is 18.4. The summed E-state index contributed by atoms with van der Waals surface area (Å²) >= 11 is 0. The second kappa shape index (κ2) is 10.6. The molecule has 3 aromatic carbocycles. The fourth-order valence-electron chi connectivity index (χ4n) is 3.48. The van der Waals surface area contributed by atoms with Crippen LogP contribution in [0.1, 0.15) is 28.4 Å². The number of nitrogens with one attached hydrogen (secondary N) is 1. The quantitative estimate of drug-likeness (QED) is 0.487. The normalized spacial score (nSPS) is 12.4. The predicted molar refractivity (Wildman–Crippen MR) is 125 cm³/mol. The van der Waals surface area contributed by atoms with E-state index in [9.17, 15) is 14.7 Å². The lowest BCUT2D eigenvalue weighted by molar-refractivity contribution is -0.118. The molecular weight excluding hydrogens is 406 g/mol. The minimum absolute atomic E-state index is 0.0548. The Morgan fingerprint density at radius 2 is 1.84 bits per heavy atom. The number of aromatic carboxylic acids is 1. The van der Waals surface area contributed by atoms with Crippen LogP contribution >= 0.6 is 0 Å². The highest BCUT2D eigenvalue weighted by atomic mass is 16.5. The van der Waals surface area contributed by atoms with Crippen molar-refractivity contribution in [3.8, 4) is 5.75 Å². The predicted octanol–water partition coefficient (Wildman–Crippen LogP) is 4.46. The molecule has 1 amide bonds. The number of carbonyl (C=O) groups excluding carboxylic acids is 1. The smallest absolute Gasteiger partial charge is 0.335 e. The van der Waals surface area contributed by atoms with Gasteiger partial charge in [-0.05, 0) is 48.6 Å². The number of amides is 1. The van der Waals surface area contributed by atoms with Crippen LogP contribution < -0.4 is 10.1 Å². The molecule has 0 fully saturated rings. The molecule has 0 aliphatic heterocycles. The molecule has 1 unspecified atom stereocenters. The Bertz CT molecular complexity index is 1150. The molecule has 6 heteroatoms. The second-order valence-electron chi connectivity index (χ2n) is 7.64. The number of hydrogen-bond donors (Lipinski definition) is 2. The Labute approximate surface area is 187 Å². The molecule has 32 heavy (non-hydrogen) atoms. The molecule has 166 valence electrons. The highest BCUT2D eigenvalue weighted by molar-refractivity contribution is 5.99. The van der Waals surface area contributed by atoms with Crippen molar-refractivity contribution in [1.82, 2.24) is 5.32 Å². The zero-order chi connectivity index (χ0) is 23.1. The second-order valence-corrected chi connectivity index (χ2v) is 7.64. The van der Waals surface area contributed by atoms with Gasteiger partial charge in [0.2, 0.25) is 0 Å². The van der Waals surface area contributed by atoms with Crippen LogP contribution in [0.5, 0.6) is 5.75 Å². The van der Waals surface area contributed by atoms with E-state index in [0.29, 0.717) is 23.5 Å². The van der Waals surface area contributed by atoms with Crippen molar-refractivity contribution in [3.63, 3.8) is 0 Å². The number of aryl methyl sites for hydroxylation is 1. The van der Waals surface area contributed by atoms with Gasteiger partial charge in [0.05, 0.1) is 17.7 Å². The highest BCUT2D eigenvalue weighted by Crippen LogP contribution is 2.26. The van der Waals surface area contributed by atoms with E-state index in [-0.39, 0.29) is 24.1 Å². The van der Waals surface area contributed by atoms with Crippen LogP contribution in [0.25, 0.3) is 16.8 Å². The lowest BCUT2D eigenvalue weighted by atomic mass is 10.0. The van der Waals surface area contributed by atoms with Crippen molar-refractivity contribution in [2.24, 2.45) is 0 Å². The summed E-state index contributed by atoms with van der Waals surface area (Å²) in [5.74, 6) is -0.567. The monoisotopic (exact) mass is 433 g/mol. The van der Waals surface area contributed by atoms with Gasteiger partial charge in [-0.25, -0.2) is 4.79 Å². The van der Waals surface area contributed by atoms with Gasteiger partial charge in [-0.15, -0.1) is 0 Å². The summed E-state index contributed by atoms with van der Waals surface area (Å²) in [7, 11) is 1.58. The first-order chi connectivity index (χ1) is 15.4. The minimum atomic E-state index is -0.983. The lowest BCUT2D eigenvalue weighted by Crippen LogP contribution is -2.37. The molecule has 6 nitrogen and oxygen atoms in total. The van der Waals surface area contributed by atoms with Crippen LogP contribution in [-0.2, 0) is 9.53 Å². The van der Waals surface area contributed by atoms with Crippen LogP contribution in [0.4, 0.5) is 0 Å². The number of rotatable bonds is 9. The van der Waals surface area contributed by atoms with Gasteiger partial charge in [-0.2, -0.15) is 0 Å². The minimum Gasteiger partial charge on any atom is -0.488 e. The lowest BCUT2D eigenvalue weighted by Gasteiger charge is -2.16. The first kappa shape index (κ1) is 23.0. The number of methoxy groups -OCH3 is 1. The van der Waals surface area contributed by atoms with E-state index in [1.165, 1.54) is 6.07 Å². The Morgan fingerprint density at radius 3 is 2.56 bits per heavy atom. The van der Waals surface area contributed by atoms with Gasteiger partial charge < -0.3 is 19.9 Å². The zero-order valence-electron chi connectivity index (χ0n) is 18.4. The third kappa shape index (κ3) is 5.74. The molecule has 3 rings (SSSR count). The molecule has 0 spiro atoms. The molecule has 0 saturated heterocycles. The van der Waals surface area contributed by atoms with Gasteiger partial charge in [0.1, 0.15) is 12.4 Å². The van der Waals surface area contributed by atoms with E-state index in [1.807, 2.05) is 49.4 Å². The SMILES string of the molecule is COCC(C)NC(=O)C(=Cc1ccc(C(=O)O)c(C)c1)COc1cccc2ccccc12. The van der Waals surface area contributed by atoms with Crippen LogP contribution in [0.2, 0.25) is 0 Å². The van der Waals surface area contributed by atoms with Crippen LogP contribution in [0.3, 0.4) is 0 Å². The van der Waals surface area contributed by atoms with Crippen molar-refractivity contribution in [2.45, 2.75) is 19.9 Å². The van der Waals surface area contributed by atoms with Crippen LogP contribution in [0, 0.1) is 6.92 Å². The Hall–Kier alpha value is -3.64. The van der Waals surface area contributed by atoms with Crippen molar-refractivity contribution in [3.05, 3.63) is 82.9 Å². The molecule has 0 aromatic heterocycles. The van der Waals surface area contributed by atoms with Gasteiger partial charge in [0.25, 0.3) is 5.91 Å². The van der Waals surface area contributed by atoms with Crippen LogP contribution in [-0.4, -0.2) is 43.3 Å². The third-order valence-electron chi connectivity index (χ3n) is 5.04. The van der Waals surface area contributed by atoms with Gasteiger partial charge in [0, 0.05) is 18.5 Å². The van der Waals surface area contributed by atoms with Crippen molar-refractivity contribution in [2.75, 3.05) is 20.3 Å². The van der Waals surface area contributed by atoms with Gasteiger partial charge >= 0.3 is 5.97 Å². The number of benzene rings is 3. The van der Waals surface area contributed by atoms with E-state index in [0.717, 1.165) is 16.3 Å². The number of carboxylic acid groups (broad SMARTS) is 1. The standard InChI is InChI=1S/C26H27NO5/c1-17-13-19(11-12-22(17)26(29)30)14-21(25(28)27-18(2)15-31-3)16-32-24-10-6-8-20-7-4-5-9-23(20)24/h4-14,18H,15-16H2,1-3H3,(H,27,28)(H,29,30). The van der Waals surface area contributed by atoms with E-state index in [4.69, 9.17) is 9.47 Å². The summed E-state index contributed by atoms with van der Waals surface area (Å²) in [5.41, 5.74) is 1.99. The fourth-order valence-corrected chi connectivity index (χ4v) is 3.48. The summed E-state index contributed by atoms with van der Waals surface area (Å²) < 4.78 is 11.2. The first-order valence-electron chi connectivity index (χ1n) is 10.3. The molecule has 0 heterocycles. The summed E-state index contributed by atoms with van der Waals surface area (Å²) in [5, 5.41) is 14.2. The molecule has 1 atom stereocenters. The van der Waals surface area contributed by atoms with Gasteiger partial charge in [-0.1, -0.05) is 48.5 Å². The summed E-state index contributed by atoms with van der Waals surface area (Å²) in [4.78, 5) is 24.3. The van der Waals surface area contributed by atoms with E-state index >= 15 is 0 Å². The number of ether oxygens (including phenoxy) is 2. The molecule has 0 bridgehead atoms. The maximum atomic E-state index is 13.0. The summed E-state index contributed by atoms with van der Waals surface area (Å²) in [6, 6.07) is 18.5. The largest absolute Gasteiger partial charge is 0.488 e. The van der Waals surface area contributed by atoms with E-state index in [1.54, 1.807) is 32.2 Å². The Kier molecular flexibility index (Phi) is 7.63. The Balaban J connectivity index is 1.89. The Morgan fingerprint density at radius 1 is 1.09 bits per heavy atom. The van der Waals surface area contributed by atoms with Crippen LogP contribution in [0.15, 0.2) is 66.2 Å². The average Bonchev–Trinajstić information content (AvgIpc) is 2.76. The molecule has 0 saturated carbocycles. The van der Waals surface area contributed by atoms with Gasteiger partial charge in [0.15, 0.2) is 0 Å². The molecule has 0 aliphatic carbocycles. The molecular formula is C26H27NO5.